The summed E-state index contributed by atoms with van der Waals surface area (Å²) >= 11 is 0. The van der Waals surface area contributed by atoms with E-state index in [1.165, 1.54) is 12.1 Å². The van der Waals surface area contributed by atoms with E-state index < -0.39 is 22.2 Å². The molecule has 2 amide bonds. The molecule has 1 aromatic rings. The van der Waals surface area contributed by atoms with Gasteiger partial charge < -0.3 is 10.4 Å². The third kappa shape index (κ3) is 3.49. The first kappa shape index (κ1) is 14.8. The Bertz CT molecular complexity index is 583. The fraction of sp³-hybridized carbons (Fsp3) is 0.462. The Hall–Kier alpha value is -1.60. The van der Waals surface area contributed by atoms with E-state index in [1.807, 2.05) is 11.6 Å². The van der Waals surface area contributed by atoms with Gasteiger partial charge in [0.05, 0.1) is 17.0 Å². The molecule has 0 bridgehead atoms. The number of urea groups is 1. The first-order valence-electron chi connectivity index (χ1n) is 6.46. The van der Waals surface area contributed by atoms with Crippen molar-refractivity contribution < 1.29 is 18.3 Å². The number of aliphatic hydroxyl groups is 1. The quantitative estimate of drug-likeness (QED) is 0.772. The highest BCUT2D eigenvalue weighted by Crippen LogP contribution is 2.18. The lowest BCUT2D eigenvalue weighted by molar-refractivity contribution is 0.150. The van der Waals surface area contributed by atoms with Gasteiger partial charge in [-0.1, -0.05) is 17.7 Å². The SMILES string of the molecule is Cc1ccc(S(=O)(=O)NC(=O)N[C@@H]2CCC[C@H]2O)cc1. The second-order valence-corrected chi connectivity index (χ2v) is 6.68. The normalized spacial score (nSPS) is 22.5. The lowest BCUT2D eigenvalue weighted by Gasteiger charge is -2.16. The number of amides is 2. The number of nitrogens with one attached hydrogen (secondary N) is 2. The number of carbonyl (C=O) groups excluding carboxylic acids is 1. The molecule has 0 unspecified atom stereocenters. The summed E-state index contributed by atoms with van der Waals surface area (Å²) in [4.78, 5) is 11.7. The summed E-state index contributed by atoms with van der Waals surface area (Å²) in [5, 5.41) is 12.1. The largest absolute Gasteiger partial charge is 0.391 e. The van der Waals surface area contributed by atoms with Crippen LogP contribution in [0, 0.1) is 6.92 Å². The summed E-state index contributed by atoms with van der Waals surface area (Å²) < 4.78 is 25.9. The molecule has 1 fully saturated rings. The molecule has 2 atom stereocenters. The fourth-order valence-electron chi connectivity index (χ4n) is 2.21. The van der Waals surface area contributed by atoms with Gasteiger partial charge in [0.1, 0.15) is 0 Å². The van der Waals surface area contributed by atoms with Crippen LogP contribution < -0.4 is 10.0 Å². The predicted molar refractivity (Wildman–Crippen MR) is 73.7 cm³/mol. The van der Waals surface area contributed by atoms with Gasteiger partial charge in [-0.15, -0.1) is 0 Å². The number of rotatable bonds is 3. The van der Waals surface area contributed by atoms with E-state index in [0.717, 1.165) is 12.0 Å². The molecular formula is C13H18N2O4S. The summed E-state index contributed by atoms with van der Waals surface area (Å²) in [5.41, 5.74) is 0.933. The third-order valence-corrected chi connectivity index (χ3v) is 4.70. The van der Waals surface area contributed by atoms with E-state index in [9.17, 15) is 18.3 Å². The Morgan fingerprint density at radius 2 is 1.90 bits per heavy atom. The highest BCUT2D eigenvalue weighted by molar-refractivity contribution is 7.90. The maximum absolute atomic E-state index is 12.0. The zero-order chi connectivity index (χ0) is 14.8. The smallest absolute Gasteiger partial charge is 0.329 e. The predicted octanol–water partition coefficient (Wildman–Crippen LogP) is 0.896. The van der Waals surface area contributed by atoms with Gasteiger partial charge in [-0.2, -0.15) is 0 Å². The Labute approximate surface area is 118 Å². The van der Waals surface area contributed by atoms with Crippen molar-refractivity contribution in [1.29, 1.82) is 0 Å². The monoisotopic (exact) mass is 298 g/mol. The Balaban J connectivity index is 2.01. The van der Waals surface area contributed by atoms with Crippen LogP contribution in [0.25, 0.3) is 0 Å². The van der Waals surface area contributed by atoms with Crippen molar-refractivity contribution in [2.45, 2.75) is 43.2 Å². The molecule has 1 saturated carbocycles. The average molecular weight is 298 g/mol. The molecule has 0 saturated heterocycles. The molecule has 0 heterocycles. The summed E-state index contributed by atoms with van der Waals surface area (Å²) in [7, 11) is -3.88. The van der Waals surface area contributed by atoms with Crippen molar-refractivity contribution in [2.24, 2.45) is 0 Å². The van der Waals surface area contributed by atoms with Gasteiger partial charge in [0, 0.05) is 0 Å². The van der Waals surface area contributed by atoms with Crippen LogP contribution in [0.2, 0.25) is 0 Å². The summed E-state index contributed by atoms with van der Waals surface area (Å²) in [6, 6.07) is 5.00. The number of carbonyl (C=O) groups is 1. The van der Waals surface area contributed by atoms with Gasteiger partial charge in [0.2, 0.25) is 0 Å². The molecule has 6 nitrogen and oxygen atoms in total. The molecule has 3 N–H and O–H groups in total. The number of hydrogen-bond donors (Lipinski definition) is 3. The minimum Gasteiger partial charge on any atom is -0.391 e. The first-order chi connectivity index (χ1) is 9.38. The molecule has 110 valence electrons. The maximum atomic E-state index is 12.0. The molecule has 0 radical (unpaired) electrons. The van der Waals surface area contributed by atoms with Gasteiger partial charge in [-0.05, 0) is 38.3 Å². The van der Waals surface area contributed by atoms with Crippen molar-refractivity contribution in [1.82, 2.24) is 10.0 Å². The zero-order valence-corrected chi connectivity index (χ0v) is 12.0. The van der Waals surface area contributed by atoms with Crippen molar-refractivity contribution in [3.05, 3.63) is 29.8 Å². The van der Waals surface area contributed by atoms with Crippen LogP contribution in [0.1, 0.15) is 24.8 Å². The van der Waals surface area contributed by atoms with Crippen molar-refractivity contribution in [2.75, 3.05) is 0 Å². The second-order valence-electron chi connectivity index (χ2n) is 5.00. The van der Waals surface area contributed by atoms with Gasteiger partial charge in [-0.25, -0.2) is 17.9 Å². The molecular weight excluding hydrogens is 280 g/mol. The maximum Gasteiger partial charge on any atom is 0.329 e. The van der Waals surface area contributed by atoms with Gasteiger partial charge in [0.25, 0.3) is 10.0 Å². The molecule has 1 aliphatic carbocycles. The zero-order valence-electron chi connectivity index (χ0n) is 11.2. The van der Waals surface area contributed by atoms with E-state index in [1.54, 1.807) is 12.1 Å². The van der Waals surface area contributed by atoms with Crippen LogP contribution in [0.15, 0.2) is 29.2 Å². The number of hydrogen-bond acceptors (Lipinski definition) is 4. The number of benzene rings is 1. The van der Waals surface area contributed by atoms with E-state index in [-0.39, 0.29) is 10.9 Å². The third-order valence-electron chi connectivity index (χ3n) is 3.35. The van der Waals surface area contributed by atoms with Crippen LogP contribution in [-0.2, 0) is 10.0 Å². The second kappa shape index (κ2) is 5.80. The topological polar surface area (TPSA) is 95.5 Å². The lowest BCUT2D eigenvalue weighted by atomic mass is 10.2. The number of sulfonamides is 1. The molecule has 1 aromatic carbocycles. The number of aliphatic hydroxyl groups excluding tert-OH is 1. The Morgan fingerprint density at radius 1 is 1.25 bits per heavy atom. The van der Waals surface area contributed by atoms with E-state index in [2.05, 4.69) is 5.32 Å². The van der Waals surface area contributed by atoms with E-state index in [4.69, 9.17) is 0 Å². The minimum atomic E-state index is -3.88. The molecule has 0 aliphatic heterocycles. The highest BCUT2D eigenvalue weighted by Gasteiger charge is 2.28. The van der Waals surface area contributed by atoms with Crippen molar-refractivity contribution in [3.63, 3.8) is 0 Å². The highest BCUT2D eigenvalue weighted by atomic mass is 32.2. The first-order valence-corrected chi connectivity index (χ1v) is 7.95. The van der Waals surface area contributed by atoms with Crippen LogP contribution >= 0.6 is 0 Å². The molecule has 1 aliphatic rings. The Morgan fingerprint density at radius 3 is 2.45 bits per heavy atom. The van der Waals surface area contributed by atoms with E-state index in [0.29, 0.717) is 12.8 Å². The standard InChI is InChI=1S/C13H18N2O4S/c1-9-5-7-10(8-6-9)20(18,19)15-13(17)14-11-3-2-4-12(11)16/h5-8,11-12,16H,2-4H2,1H3,(H2,14,15,17)/t11-,12-/m1/s1. The molecule has 20 heavy (non-hydrogen) atoms. The van der Waals surface area contributed by atoms with Gasteiger partial charge >= 0.3 is 6.03 Å². The fourth-order valence-corrected chi connectivity index (χ4v) is 3.12. The van der Waals surface area contributed by atoms with Gasteiger partial charge in [0.15, 0.2) is 0 Å². The molecule has 7 heteroatoms. The van der Waals surface area contributed by atoms with Crippen LogP contribution in [0.5, 0.6) is 0 Å². The summed E-state index contributed by atoms with van der Waals surface area (Å²) in [5.74, 6) is 0. The number of aryl methyl sites for hydroxylation is 1. The minimum absolute atomic E-state index is 0.0326. The summed E-state index contributed by atoms with van der Waals surface area (Å²) in [6.45, 7) is 1.85. The van der Waals surface area contributed by atoms with E-state index >= 15 is 0 Å². The lowest BCUT2D eigenvalue weighted by Crippen LogP contribution is -2.47. The Kier molecular flexibility index (Phi) is 4.29. The molecule has 0 aromatic heterocycles. The molecule has 2 rings (SSSR count). The van der Waals surface area contributed by atoms with Crippen LogP contribution in [0.3, 0.4) is 0 Å². The van der Waals surface area contributed by atoms with Crippen molar-refractivity contribution >= 4 is 16.1 Å². The summed E-state index contributed by atoms with van der Waals surface area (Å²) in [6.07, 6.45) is 1.48. The van der Waals surface area contributed by atoms with Crippen LogP contribution in [0.4, 0.5) is 4.79 Å². The molecule has 0 spiro atoms. The average Bonchev–Trinajstić information content (AvgIpc) is 2.74. The van der Waals surface area contributed by atoms with Crippen LogP contribution in [-0.4, -0.2) is 31.7 Å². The van der Waals surface area contributed by atoms with Crippen molar-refractivity contribution in [3.8, 4) is 0 Å². The van der Waals surface area contributed by atoms with Gasteiger partial charge in [-0.3, -0.25) is 0 Å².